The van der Waals surface area contributed by atoms with Crippen LogP contribution >= 0.6 is 0 Å². The van der Waals surface area contributed by atoms with Gasteiger partial charge in [-0.1, -0.05) is 0 Å². The third-order valence-electron chi connectivity index (χ3n) is 4.18. The average molecular weight is 423 g/mol. The number of aromatic nitrogens is 2. The highest BCUT2D eigenvalue weighted by Gasteiger charge is 2.48. The molecule has 1 amide bonds. The molecule has 0 unspecified atom stereocenters. The number of halogens is 1. The average Bonchev–Trinajstić information content (AvgIpc) is 3.28. The highest BCUT2D eigenvalue weighted by Crippen LogP contribution is 2.33. The van der Waals surface area contributed by atoms with Crippen molar-refractivity contribution in [2.75, 3.05) is 5.32 Å². The number of hydrogen-bond acceptors (Lipinski definition) is 9. The standard InChI is InChI=1S/C18H18FN3O8/c1-8-13(29-9(2)23)14(30-10(3)24)17(28-8)22-7-11(19)15(21-18(22)26)20-16(25)12-5-4-6-27-12/h4-8,13-14,17H,1-3H3,(H,20,21,25,26)/t8-,13-,14-,17-/m1/s1. The summed E-state index contributed by atoms with van der Waals surface area (Å²) in [6.45, 7) is 3.82. The van der Waals surface area contributed by atoms with Crippen molar-refractivity contribution in [2.24, 2.45) is 0 Å². The van der Waals surface area contributed by atoms with Crippen LogP contribution in [0.15, 0.2) is 33.8 Å². The van der Waals surface area contributed by atoms with Gasteiger partial charge in [0.05, 0.1) is 18.6 Å². The summed E-state index contributed by atoms with van der Waals surface area (Å²) in [5, 5.41) is 2.13. The van der Waals surface area contributed by atoms with Crippen LogP contribution in [0.1, 0.15) is 37.6 Å². The molecule has 2 aromatic heterocycles. The molecule has 3 rings (SSSR count). The Morgan fingerprint density at radius 3 is 2.47 bits per heavy atom. The molecule has 0 bridgehead atoms. The number of carbonyl (C=O) groups is 3. The van der Waals surface area contributed by atoms with E-state index in [2.05, 4.69) is 10.3 Å². The van der Waals surface area contributed by atoms with E-state index in [0.717, 1.165) is 24.6 Å². The Bertz CT molecular complexity index is 1020. The van der Waals surface area contributed by atoms with E-state index in [1.165, 1.54) is 25.3 Å². The lowest BCUT2D eigenvalue weighted by atomic mass is 10.1. The number of hydrogen-bond donors (Lipinski definition) is 1. The number of esters is 2. The van der Waals surface area contributed by atoms with Gasteiger partial charge in [-0.3, -0.25) is 19.0 Å². The molecule has 1 fully saturated rings. The lowest BCUT2D eigenvalue weighted by Gasteiger charge is -2.23. The van der Waals surface area contributed by atoms with Crippen LogP contribution in [0.4, 0.5) is 10.2 Å². The van der Waals surface area contributed by atoms with Crippen molar-refractivity contribution >= 4 is 23.7 Å². The predicted molar refractivity (Wildman–Crippen MR) is 95.8 cm³/mol. The summed E-state index contributed by atoms with van der Waals surface area (Å²) in [6, 6.07) is 2.81. The quantitative estimate of drug-likeness (QED) is 0.698. The summed E-state index contributed by atoms with van der Waals surface area (Å²) in [5.74, 6) is -3.95. The minimum absolute atomic E-state index is 0.104. The molecule has 1 aliphatic rings. The maximum absolute atomic E-state index is 14.6. The molecule has 4 atom stereocenters. The fourth-order valence-corrected chi connectivity index (χ4v) is 2.99. The molecule has 0 radical (unpaired) electrons. The molecule has 0 aliphatic carbocycles. The van der Waals surface area contributed by atoms with Crippen LogP contribution in [0.2, 0.25) is 0 Å². The van der Waals surface area contributed by atoms with E-state index in [9.17, 15) is 23.6 Å². The number of nitrogens with one attached hydrogen (secondary N) is 1. The second kappa shape index (κ2) is 8.45. The van der Waals surface area contributed by atoms with Crippen molar-refractivity contribution in [3.8, 4) is 0 Å². The van der Waals surface area contributed by atoms with Gasteiger partial charge in [-0.15, -0.1) is 0 Å². The highest BCUT2D eigenvalue weighted by molar-refractivity contribution is 6.01. The first-order chi connectivity index (χ1) is 14.2. The lowest BCUT2D eigenvalue weighted by Crippen LogP contribution is -2.40. The van der Waals surface area contributed by atoms with Crippen LogP contribution < -0.4 is 11.0 Å². The molecular formula is C18H18FN3O8. The van der Waals surface area contributed by atoms with Gasteiger partial charge in [-0.25, -0.2) is 9.18 Å². The summed E-state index contributed by atoms with van der Waals surface area (Å²) in [6.07, 6.45) is -2.32. The molecule has 1 saturated heterocycles. The van der Waals surface area contributed by atoms with Crippen LogP contribution in [-0.4, -0.2) is 45.7 Å². The lowest BCUT2D eigenvalue weighted by molar-refractivity contribution is -0.165. The summed E-state index contributed by atoms with van der Waals surface area (Å²) < 4.78 is 36.1. The van der Waals surface area contributed by atoms with Crippen molar-refractivity contribution in [2.45, 2.75) is 45.3 Å². The molecule has 0 saturated carbocycles. The van der Waals surface area contributed by atoms with Crippen molar-refractivity contribution in [1.29, 1.82) is 0 Å². The highest BCUT2D eigenvalue weighted by atomic mass is 19.1. The minimum atomic E-state index is -1.31. The normalized spacial score (nSPS) is 23.1. The summed E-state index contributed by atoms with van der Waals surface area (Å²) >= 11 is 0. The molecule has 1 aliphatic heterocycles. The number of carbonyl (C=O) groups excluding carboxylic acids is 3. The smallest absolute Gasteiger partial charge is 0.351 e. The fraction of sp³-hybridized carbons (Fsp3) is 0.389. The minimum Gasteiger partial charge on any atom is -0.459 e. The van der Waals surface area contributed by atoms with E-state index in [4.69, 9.17) is 18.6 Å². The Morgan fingerprint density at radius 1 is 1.20 bits per heavy atom. The fourth-order valence-electron chi connectivity index (χ4n) is 2.99. The number of furan rings is 1. The van der Waals surface area contributed by atoms with E-state index in [0.29, 0.717) is 0 Å². The third kappa shape index (κ3) is 4.38. The summed E-state index contributed by atoms with van der Waals surface area (Å²) in [4.78, 5) is 50.9. The van der Waals surface area contributed by atoms with Crippen LogP contribution in [0, 0.1) is 5.82 Å². The molecular weight excluding hydrogens is 405 g/mol. The first-order valence-electron chi connectivity index (χ1n) is 8.80. The van der Waals surface area contributed by atoms with Crippen molar-refractivity contribution in [3.05, 3.63) is 46.7 Å². The Labute approximate surface area is 168 Å². The molecule has 0 aromatic carbocycles. The molecule has 3 heterocycles. The van der Waals surface area contributed by atoms with Crippen LogP contribution in [-0.2, 0) is 23.8 Å². The SMILES string of the molecule is CC(=O)O[C@@H]1[C@H](OC(C)=O)[C@@H](C)O[C@H]1n1cc(F)c(NC(=O)c2ccco2)nc1=O. The molecule has 12 heteroatoms. The Kier molecular flexibility index (Phi) is 5.96. The predicted octanol–water partition coefficient (Wildman–Crippen LogP) is 1.01. The zero-order valence-electron chi connectivity index (χ0n) is 16.2. The maximum Gasteiger partial charge on any atom is 0.351 e. The topological polar surface area (TPSA) is 139 Å². The second-order valence-electron chi connectivity index (χ2n) is 6.44. The first-order valence-corrected chi connectivity index (χ1v) is 8.80. The van der Waals surface area contributed by atoms with Crippen molar-refractivity contribution < 1.29 is 37.4 Å². The molecule has 2 aromatic rings. The Morgan fingerprint density at radius 2 is 1.87 bits per heavy atom. The monoisotopic (exact) mass is 423 g/mol. The molecule has 1 N–H and O–H groups in total. The van der Waals surface area contributed by atoms with Crippen LogP contribution in [0.25, 0.3) is 0 Å². The van der Waals surface area contributed by atoms with E-state index < -0.39 is 59.7 Å². The van der Waals surface area contributed by atoms with E-state index in [-0.39, 0.29) is 5.76 Å². The van der Waals surface area contributed by atoms with Gasteiger partial charge in [0, 0.05) is 13.8 Å². The van der Waals surface area contributed by atoms with Crippen molar-refractivity contribution in [3.63, 3.8) is 0 Å². The van der Waals surface area contributed by atoms with Crippen molar-refractivity contribution in [1.82, 2.24) is 9.55 Å². The van der Waals surface area contributed by atoms with Gasteiger partial charge in [0.2, 0.25) is 0 Å². The Hall–Kier alpha value is -3.54. The summed E-state index contributed by atoms with van der Waals surface area (Å²) in [5.41, 5.74) is -0.996. The van der Waals surface area contributed by atoms with Gasteiger partial charge >= 0.3 is 17.6 Å². The van der Waals surface area contributed by atoms with E-state index >= 15 is 0 Å². The zero-order valence-corrected chi connectivity index (χ0v) is 16.2. The van der Waals surface area contributed by atoms with Gasteiger partial charge in [-0.05, 0) is 19.1 Å². The van der Waals surface area contributed by atoms with Gasteiger partial charge < -0.3 is 23.9 Å². The molecule has 11 nitrogen and oxygen atoms in total. The number of amides is 1. The molecule has 160 valence electrons. The molecule has 30 heavy (non-hydrogen) atoms. The van der Waals surface area contributed by atoms with Gasteiger partial charge in [-0.2, -0.15) is 4.98 Å². The molecule has 0 spiro atoms. The number of nitrogens with zero attached hydrogens (tertiary/aromatic N) is 2. The van der Waals surface area contributed by atoms with Crippen LogP contribution in [0.5, 0.6) is 0 Å². The third-order valence-corrected chi connectivity index (χ3v) is 4.18. The number of rotatable bonds is 5. The number of ether oxygens (including phenoxy) is 3. The van der Waals surface area contributed by atoms with Gasteiger partial charge in [0.25, 0.3) is 5.91 Å². The van der Waals surface area contributed by atoms with E-state index in [1.54, 1.807) is 0 Å². The zero-order chi connectivity index (χ0) is 22.0. The van der Waals surface area contributed by atoms with Crippen LogP contribution in [0.3, 0.4) is 0 Å². The second-order valence-corrected chi connectivity index (χ2v) is 6.44. The summed E-state index contributed by atoms with van der Waals surface area (Å²) in [7, 11) is 0. The largest absolute Gasteiger partial charge is 0.459 e. The van der Waals surface area contributed by atoms with E-state index in [1.807, 2.05) is 0 Å². The number of anilines is 1. The Balaban J connectivity index is 1.91. The van der Waals surface area contributed by atoms with Gasteiger partial charge in [0.1, 0.15) is 0 Å². The first kappa shape index (κ1) is 21.2. The maximum atomic E-state index is 14.6. The van der Waals surface area contributed by atoms with Gasteiger partial charge in [0.15, 0.2) is 35.8 Å².